The van der Waals surface area contributed by atoms with E-state index in [1.807, 2.05) is 27.7 Å². The molecule has 0 bridgehead atoms. The molecule has 0 amide bonds. The highest BCUT2D eigenvalue weighted by Crippen LogP contribution is 2.45. The summed E-state index contributed by atoms with van der Waals surface area (Å²) in [7, 11) is 0. The van der Waals surface area contributed by atoms with Gasteiger partial charge in [0.1, 0.15) is 0 Å². The third-order valence-corrected chi connectivity index (χ3v) is 3.55. The fourth-order valence-corrected chi connectivity index (χ4v) is 2.82. The van der Waals surface area contributed by atoms with E-state index in [9.17, 15) is 9.59 Å². The van der Waals surface area contributed by atoms with E-state index in [2.05, 4.69) is 0 Å². The van der Waals surface area contributed by atoms with Gasteiger partial charge in [-0.15, -0.1) is 0 Å². The van der Waals surface area contributed by atoms with Crippen LogP contribution in [-0.4, -0.2) is 11.9 Å². The van der Waals surface area contributed by atoms with Crippen LogP contribution in [0.4, 0.5) is 0 Å². The zero-order valence-electron chi connectivity index (χ0n) is 10.8. The minimum atomic E-state index is -0.480. The van der Waals surface area contributed by atoms with Gasteiger partial charge in [-0.05, 0) is 33.1 Å². The van der Waals surface area contributed by atoms with Gasteiger partial charge in [0, 0.05) is 0 Å². The Morgan fingerprint density at radius 2 is 1.38 bits per heavy atom. The van der Waals surface area contributed by atoms with Crippen molar-refractivity contribution in [1.29, 1.82) is 0 Å². The van der Waals surface area contributed by atoms with Crippen molar-refractivity contribution in [1.82, 2.24) is 0 Å². The Hall–Kier alpha value is -0.860. The second-order valence-electron chi connectivity index (χ2n) is 5.48. The topological polar surface area (TPSA) is 43.4 Å². The summed E-state index contributed by atoms with van der Waals surface area (Å²) >= 11 is 0. The molecule has 1 rings (SSSR count). The molecule has 0 aromatic rings. The molecule has 2 unspecified atom stereocenters. The van der Waals surface area contributed by atoms with E-state index in [-0.39, 0.29) is 11.9 Å². The van der Waals surface area contributed by atoms with Crippen LogP contribution in [0.1, 0.15) is 59.8 Å². The van der Waals surface area contributed by atoms with Crippen molar-refractivity contribution in [2.24, 2.45) is 10.8 Å². The van der Waals surface area contributed by atoms with E-state index in [4.69, 9.17) is 4.74 Å². The molecule has 0 aliphatic carbocycles. The Morgan fingerprint density at radius 3 is 1.69 bits per heavy atom. The van der Waals surface area contributed by atoms with Crippen LogP contribution in [0, 0.1) is 10.8 Å². The second kappa shape index (κ2) is 4.56. The largest absolute Gasteiger partial charge is 0.392 e. The fourth-order valence-electron chi connectivity index (χ4n) is 2.82. The average Bonchev–Trinajstić information content (AvgIpc) is 2.16. The van der Waals surface area contributed by atoms with Gasteiger partial charge in [-0.25, -0.2) is 0 Å². The molecule has 0 spiro atoms. The molecule has 0 radical (unpaired) electrons. The van der Waals surface area contributed by atoms with Gasteiger partial charge in [0.05, 0.1) is 10.8 Å². The lowest BCUT2D eigenvalue weighted by molar-refractivity contribution is -0.185. The van der Waals surface area contributed by atoms with Crippen molar-refractivity contribution in [2.75, 3.05) is 0 Å². The lowest BCUT2D eigenvalue weighted by Crippen LogP contribution is -2.47. The molecule has 92 valence electrons. The standard InChI is InChI=1S/C13H22O3/c1-5-7-12(3)9-13(4,8-6-2)11(15)16-10(12)14/h5-9H2,1-4H3. The van der Waals surface area contributed by atoms with Gasteiger partial charge >= 0.3 is 11.9 Å². The number of cyclic esters (lactones) is 2. The summed E-state index contributed by atoms with van der Waals surface area (Å²) in [6.07, 6.45) is 4.07. The molecule has 16 heavy (non-hydrogen) atoms. The molecule has 0 aromatic heterocycles. The van der Waals surface area contributed by atoms with Gasteiger partial charge in [-0.1, -0.05) is 26.7 Å². The van der Waals surface area contributed by atoms with Crippen LogP contribution in [-0.2, 0) is 14.3 Å². The maximum Gasteiger partial charge on any atom is 0.319 e. The Bertz CT molecular complexity index is 270. The van der Waals surface area contributed by atoms with E-state index in [1.165, 1.54) is 0 Å². The van der Waals surface area contributed by atoms with Crippen molar-refractivity contribution < 1.29 is 14.3 Å². The van der Waals surface area contributed by atoms with E-state index in [1.54, 1.807) is 0 Å². The molecule has 1 saturated heterocycles. The highest BCUT2D eigenvalue weighted by atomic mass is 16.6. The van der Waals surface area contributed by atoms with Gasteiger partial charge in [0.15, 0.2) is 0 Å². The first-order valence-electron chi connectivity index (χ1n) is 6.14. The maximum atomic E-state index is 11.8. The molecular weight excluding hydrogens is 204 g/mol. The van der Waals surface area contributed by atoms with Crippen LogP contribution in [0.15, 0.2) is 0 Å². The summed E-state index contributed by atoms with van der Waals surface area (Å²) in [6.45, 7) is 7.93. The first-order valence-corrected chi connectivity index (χ1v) is 6.14. The molecule has 3 heteroatoms. The zero-order chi connectivity index (χ0) is 12.4. The number of carbonyl (C=O) groups is 2. The SMILES string of the molecule is CCCC1(C)CC(C)(CCC)C(=O)OC1=O. The zero-order valence-corrected chi connectivity index (χ0v) is 10.8. The number of hydrogen-bond donors (Lipinski definition) is 0. The first-order chi connectivity index (χ1) is 7.38. The third-order valence-electron chi connectivity index (χ3n) is 3.55. The van der Waals surface area contributed by atoms with Crippen molar-refractivity contribution in [3.8, 4) is 0 Å². The van der Waals surface area contributed by atoms with Crippen molar-refractivity contribution >= 4 is 11.9 Å². The molecule has 1 aliphatic heterocycles. The van der Waals surface area contributed by atoms with E-state index in [0.29, 0.717) is 6.42 Å². The lowest BCUT2D eigenvalue weighted by atomic mass is 9.67. The monoisotopic (exact) mass is 226 g/mol. The smallest absolute Gasteiger partial charge is 0.319 e. The number of esters is 2. The van der Waals surface area contributed by atoms with Crippen LogP contribution in [0.25, 0.3) is 0 Å². The Kier molecular flexibility index (Phi) is 3.76. The molecule has 3 nitrogen and oxygen atoms in total. The van der Waals surface area contributed by atoms with Gasteiger partial charge < -0.3 is 4.74 Å². The van der Waals surface area contributed by atoms with Gasteiger partial charge in [0.25, 0.3) is 0 Å². The predicted molar refractivity (Wildman–Crippen MR) is 61.7 cm³/mol. The number of carbonyl (C=O) groups excluding carboxylic acids is 2. The van der Waals surface area contributed by atoms with E-state index in [0.717, 1.165) is 25.7 Å². The highest BCUT2D eigenvalue weighted by molar-refractivity contribution is 5.94. The van der Waals surface area contributed by atoms with Gasteiger partial charge in [-0.2, -0.15) is 0 Å². The Labute approximate surface area is 97.5 Å². The first kappa shape index (κ1) is 13.2. The summed E-state index contributed by atoms with van der Waals surface area (Å²) in [5, 5.41) is 0. The van der Waals surface area contributed by atoms with Crippen LogP contribution in [0.2, 0.25) is 0 Å². The molecule has 0 aromatic carbocycles. The lowest BCUT2D eigenvalue weighted by Gasteiger charge is -2.40. The van der Waals surface area contributed by atoms with Crippen molar-refractivity contribution in [3.05, 3.63) is 0 Å². The van der Waals surface area contributed by atoms with Crippen LogP contribution >= 0.6 is 0 Å². The van der Waals surface area contributed by atoms with Crippen LogP contribution in [0.3, 0.4) is 0 Å². The Balaban J connectivity index is 2.92. The second-order valence-corrected chi connectivity index (χ2v) is 5.48. The summed E-state index contributed by atoms with van der Waals surface area (Å²) in [5.74, 6) is -0.680. The normalized spacial score (nSPS) is 35.0. The molecule has 1 fully saturated rings. The summed E-state index contributed by atoms with van der Waals surface area (Å²) in [6, 6.07) is 0. The highest BCUT2D eigenvalue weighted by Gasteiger charge is 2.51. The maximum absolute atomic E-state index is 11.8. The van der Waals surface area contributed by atoms with Crippen molar-refractivity contribution in [3.63, 3.8) is 0 Å². The van der Waals surface area contributed by atoms with Crippen molar-refractivity contribution in [2.45, 2.75) is 59.8 Å². The molecule has 1 aliphatic rings. The van der Waals surface area contributed by atoms with Crippen LogP contribution < -0.4 is 0 Å². The minimum Gasteiger partial charge on any atom is -0.392 e. The predicted octanol–water partition coefficient (Wildman–Crippen LogP) is 3.07. The number of hydrogen-bond acceptors (Lipinski definition) is 3. The summed E-state index contributed by atoms with van der Waals surface area (Å²) in [4.78, 5) is 23.5. The molecule has 0 saturated carbocycles. The number of ether oxygens (including phenoxy) is 1. The summed E-state index contributed by atoms with van der Waals surface area (Å²) < 4.78 is 4.94. The van der Waals surface area contributed by atoms with E-state index >= 15 is 0 Å². The summed E-state index contributed by atoms with van der Waals surface area (Å²) in [5.41, 5.74) is -0.959. The molecule has 0 N–H and O–H groups in total. The average molecular weight is 226 g/mol. The Morgan fingerprint density at radius 1 is 1.00 bits per heavy atom. The molecule has 2 atom stereocenters. The third kappa shape index (κ3) is 2.28. The quantitative estimate of drug-likeness (QED) is 0.546. The molecular formula is C13H22O3. The van der Waals surface area contributed by atoms with Gasteiger partial charge in [0.2, 0.25) is 0 Å². The number of rotatable bonds is 4. The fraction of sp³-hybridized carbons (Fsp3) is 0.846. The van der Waals surface area contributed by atoms with Gasteiger partial charge in [-0.3, -0.25) is 9.59 Å². The van der Waals surface area contributed by atoms with E-state index < -0.39 is 10.8 Å². The van der Waals surface area contributed by atoms with Crippen LogP contribution in [0.5, 0.6) is 0 Å². The molecule has 1 heterocycles. The minimum absolute atomic E-state index is 0.340.